The van der Waals surface area contributed by atoms with E-state index in [2.05, 4.69) is 4.99 Å². The van der Waals surface area contributed by atoms with Crippen molar-refractivity contribution in [3.8, 4) is 0 Å². The third kappa shape index (κ3) is 0.961. The number of aliphatic hydroxyl groups excluding tert-OH is 2. The van der Waals surface area contributed by atoms with E-state index in [0.717, 1.165) is 0 Å². The molecule has 0 radical (unpaired) electrons. The highest BCUT2D eigenvalue weighted by Crippen LogP contribution is 2.28. The van der Waals surface area contributed by atoms with Crippen molar-refractivity contribution in [3.05, 3.63) is 0 Å². The summed E-state index contributed by atoms with van der Waals surface area (Å²) in [5.41, 5.74) is 5.25. The molecule has 0 aromatic rings. The van der Waals surface area contributed by atoms with Crippen LogP contribution in [0, 0.1) is 0 Å². The van der Waals surface area contributed by atoms with Gasteiger partial charge in [-0.3, -0.25) is 0 Å². The number of hydrogen-bond acceptors (Lipinski definition) is 6. The molecule has 6 nitrogen and oxygen atoms in total. The Morgan fingerprint density at radius 3 is 2.92 bits per heavy atom. The van der Waals surface area contributed by atoms with Crippen LogP contribution < -0.4 is 5.73 Å². The van der Waals surface area contributed by atoms with Gasteiger partial charge < -0.3 is 25.4 Å². The van der Waals surface area contributed by atoms with Crippen LogP contribution in [-0.4, -0.2) is 47.4 Å². The summed E-state index contributed by atoms with van der Waals surface area (Å²) in [5.74, 6) is 0. The van der Waals surface area contributed by atoms with Gasteiger partial charge in [-0.25, -0.2) is 0 Å². The standard InChI is InChI=1S/C6H10N2O4/c7-6-8-5-4(12-6)3(10)2(1-9)11-5/h2-5,9-10H,1H2,(H2,7,8)/t2-,3?,4-,5-/m0/s1. The summed E-state index contributed by atoms with van der Waals surface area (Å²) in [7, 11) is 0. The zero-order valence-electron chi connectivity index (χ0n) is 6.25. The molecule has 0 spiro atoms. The van der Waals surface area contributed by atoms with Crippen molar-refractivity contribution in [1.82, 2.24) is 0 Å². The summed E-state index contributed by atoms with van der Waals surface area (Å²) in [6.45, 7) is -0.243. The largest absolute Gasteiger partial charge is 0.454 e. The summed E-state index contributed by atoms with van der Waals surface area (Å²) in [4.78, 5) is 3.78. The molecule has 1 fully saturated rings. The molecule has 0 bridgehead atoms. The SMILES string of the molecule is NC1=N[C@H]2O[C@@H](CO)C(O)[C@@H]2O1. The van der Waals surface area contributed by atoms with Gasteiger partial charge in [0, 0.05) is 0 Å². The maximum absolute atomic E-state index is 9.44. The van der Waals surface area contributed by atoms with Crippen molar-refractivity contribution >= 4 is 6.02 Å². The lowest BCUT2D eigenvalue weighted by Crippen LogP contribution is -2.35. The molecule has 0 saturated carbocycles. The zero-order chi connectivity index (χ0) is 8.72. The van der Waals surface area contributed by atoms with Crippen LogP contribution >= 0.6 is 0 Å². The van der Waals surface area contributed by atoms with Crippen LogP contribution in [0.4, 0.5) is 0 Å². The predicted octanol–water partition coefficient (Wildman–Crippen LogP) is -2.22. The molecule has 4 atom stereocenters. The molecule has 6 heteroatoms. The van der Waals surface area contributed by atoms with E-state index in [1.54, 1.807) is 0 Å². The van der Waals surface area contributed by atoms with Gasteiger partial charge in [0.2, 0.25) is 0 Å². The summed E-state index contributed by atoms with van der Waals surface area (Å²) in [6, 6.07) is 0.0282. The second kappa shape index (κ2) is 2.58. The molecule has 2 rings (SSSR count). The Morgan fingerprint density at radius 2 is 2.33 bits per heavy atom. The first-order chi connectivity index (χ1) is 5.72. The average molecular weight is 174 g/mol. The van der Waals surface area contributed by atoms with E-state index in [0.29, 0.717) is 0 Å². The first-order valence-electron chi connectivity index (χ1n) is 3.66. The van der Waals surface area contributed by atoms with E-state index in [1.807, 2.05) is 0 Å². The van der Waals surface area contributed by atoms with Crippen molar-refractivity contribution in [3.63, 3.8) is 0 Å². The van der Waals surface area contributed by atoms with Gasteiger partial charge in [0.1, 0.15) is 12.2 Å². The number of amidine groups is 1. The molecule has 0 amide bonds. The summed E-state index contributed by atoms with van der Waals surface area (Å²) >= 11 is 0. The van der Waals surface area contributed by atoms with Crippen LogP contribution in [0.2, 0.25) is 0 Å². The lowest BCUT2D eigenvalue weighted by molar-refractivity contribution is -0.0206. The maximum Gasteiger partial charge on any atom is 0.285 e. The Balaban J connectivity index is 2.10. The molecule has 2 aliphatic rings. The van der Waals surface area contributed by atoms with Gasteiger partial charge in [0.15, 0.2) is 12.3 Å². The highest BCUT2D eigenvalue weighted by Gasteiger charge is 2.48. The van der Waals surface area contributed by atoms with Gasteiger partial charge >= 0.3 is 0 Å². The molecule has 0 aromatic heterocycles. The van der Waals surface area contributed by atoms with Crippen molar-refractivity contribution in [2.75, 3.05) is 6.61 Å². The van der Waals surface area contributed by atoms with Crippen molar-refractivity contribution in [2.45, 2.75) is 24.5 Å². The van der Waals surface area contributed by atoms with Crippen molar-refractivity contribution < 1.29 is 19.7 Å². The minimum Gasteiger partial charge on any atom is -0.454 e. The molecular weight excluding hydrogens is 164 g/mol. The van der Waals surface area contributed by atoms with Gasteiger partial charge in [-0.15, -0.1) is 0 Å². The molecule has 0 aromatic carbocycles. The number of nitrogens with two attached hydrogens (primary N) is 1. The van der Waals surface area contributed by atoms with E-state index >= 15 is 0 Å². The average Bonchev–Trinajstić information content (AvgIpc) is 2.51. The van der Waals surface area contributed by atoms with Crippen LogP contribution in [0.1, 0.15) is 0 Å². The number of rotatable bonds is 1. The predicted molar refractivity (Wildman–Crippen MR) is 38.2 cm³/mol. The molecule has 68 valence electrons. The minimum absolute atomic E-state index is 0.0282. The third-order valence-corrected chi connectivity index (χ3v) is 2.00. The normalized spacial score (nSPS) is 45.3. The molecule has 2 aliphatic heterocycles. The summed E-state index contributed by atoms with van der Waals surface area (Å²) < 4.78 is 10.1. The van der Waals surface area contributed by atoms with E-state index < -0.39 is 24.5 Å². The number of hydrogen-bond donors (Lipinski definition) is 3. The molecule has 1 saturated heterocycles. The monoisotopic (exact) mass is 174 g/mol. The van der Waals surface area contributed by atoms with Crippen LogP contribution in [0.25, 0.3) is 0 Å². The van der Waals surface area contributed by atoms with Gasteiger partial charge in [0.05, 0.1) is 6.61 Å². The summed E-state index contributed by atoms with van der Waals surface area (Å²) in [6.07, 6.45) is -2.58. The minimum atomic E-state index is -0.857. The molecule has 1 unspecified atom stereocenters. The van der Waals surface area contributed by atoms with E-state index in [-0.39, 0.29) is 12.6 Å². The quantitative estimate of drug-likeness (QED) is 0.418. The van der Waals surface area contributed by atoms with E-state index in [1.165, 1.54) is 0 Å². The molecule has 2 heterocycles. The fraction of sp³-hybridized carbons (Fsp3) is 0.833. The highest BCUT2D eigenvalue weighted by molar-refractivity contribution is 5.73. The van der Waals surface area contributed by atoms with E-state index in [4.69, 9.17) is 20.3 Å². The van der Waals surface area contributed by atoms with Crippen LogP contribution in [0.3, 0.4) is 0 Å². The molecular formula is C6H10N2O4. The third-order valence-electron chi connectivity index (χ3n) is 2.00. The Morgan fingerprint density at radius 1 is 1.58 bits per heavy atom. The first-order valence-corrected chi connectivity index (χ1v) is 3.66. The fourth-order valence-electron chi connectivity index (χ4n) is 1.40. The van der Waals surface area contributed by atoms with Crippen LogP contribution in [-0.2, 0) is 9.47 Å². The smallest absolute Gasteiger partial charge is 0.285 e. The number of fused-ring (bicyclic) bond motifs is 1. The Kier molecular flexibility index (Phi) is 1.67. The first kappa shape index (κ1) is 7.78. The number of aliphatic imine (C=N–C) groups is 1. The lowest BCUT2D eigenvalue weighted by Gasteiger charge is -2.13. The fourth-order valence-corrected chi connectivity index (χ4v) is 1.40. The van der Waals surface area contributed by atoms with Gasteiger partial charge in [-0.2, -0.15) is 4.99 Å². The Labute approximate surface area is 68.6 Å². The number of nitrogens with zero attached hydrogens (tertiary/aromatic N) is 1. The van der Waals surface area contributed by atoms with Crippen molar-refractivity contribution in [1.29, 1.82) is 0 Å². The highest BCUT2D eigenvalue weighted by atomic mass is 16.6. The number of ether oxygens (including phenoxy) is 2. The zero-order valence-corrected chi connectivity index (χ0v) is 6.25. The second-order valence-corrected chi connectivity index (χ2v) is 2.79. The second-order valence-electron chi connectivity index (χ2n) is 2.79. The Bertz CT molecular complexity index is 220. The topological polar surface area (TPSA) is 97.3 Å². The van der Waals surface area contributed by atoms with Gasteiger partial charge in [0.25, 0.3) is 6.02 Å². The maximum atomic E-state index is 9.44. The molecule has 0 aliphatic carbocycles. The molecule has 12 heavy (non-hydrogen) atoms. The van der Waals surface area contributed by atoms with Gasteiger partial charge in [-0.1, -0.05) is 0 Å². The summed E-state index contributed by atoms with van der Waals surface area (Å²) in [5, 5.41) is 18.2. The van der Waals surface area contributed by atoms with Crippen molar-refractivity contribution in [2.24, 2.45) is 10.7 Å². The Hall–Kier alpha value is -0.850. The number of aliphatic hydroxyl groups is 2. The van der Waals surface area contributed by atoms with Gasteiger partial charge in [-0.05, 0) is 0 Å². The van der Waals surface area contributed by atoms with Crippen LogP contribution in [0.15, 0.2) is 4.99 Å². The molecule has 4 N–H and O–H groups in total. The van der Waals surface area contributed by atoms with Crippen LogP contribution in [0.5, 0.6) is 0 Å². The van der Waals surface area contributed by atoms with E-state index in [9.17, 15) is 5.11 Å². The lowest BCUT2D eigenvalue weighted by atomic mass is 10.1.